The van der Waals surface area contributed by atoms with Crippen molar-refractivity contribution in [3.8, 4) is 0 Å². The van der Waals surface area contributed by atoms with Crippen molar-refractivity contribution in [3.05, 3.63) is 94.6 Å². The van der Waals surface area contributed by atoms with Gasteiger partial charge in [0.1, 0.15) is 5.82 Å². The summed E-state index contributed by atoms with van der Waals surface area (Å²) in [7, 11) is 0. The Bertz CT molecular complexity index is 1090. The van der Waals surface area contributed by atoms with Gasteiger partial charge >= 0.3 is 0 Å². The van der Waals surface area contributed by atoms with E-state index in [4.69, 9.17) is 0 Å². The zero-order chi connectivity index (χ0) is 21.1. The summed E-state index contributed by atoms with van der Waals surface area (Å²) >= 11 is 0. The Morgan fingerprint density at radius 2 is 1.28 bits per heavy atom. The molecule has 0 radical (unpaired) electrons. The Hall–Kier alpha value is -3.68. The average molecular weight is 402 g/mol. The zero-order valence-electron chi connectivity index (χ0n) is 15.0. The smallest absolute Gasteiger partial charge is 0.258 e. The number of hydrogen-bond donors (Lipinski definition) is 2. The molecule has 0 aliphatic rings. The summed E-state index contributed by atoms with van der Waals surface area (Å²) in [5, 5.41) is 4.63. The van der Waals surface area contributed by atoms with Gasteiger partial charge in [-0.1, -0.05) is 24.3 Å². The van der Waals surface area contributed by atoms with Gasteiger partial charge in [-0.25, -0.2) is 17.6 Å². The van der Waals surface area contributed by atoms with Crippen LogP contribution in [-0.4, -0.2) is 11.8 Å². The van der Waals surface area contributed by atoms with Crippen LogP contribution in [0, 0.1) is 30.2 Å². The van der Waals surface area contributed by atoms with Gasteiger partial charge in [0.05, 0.1) is 11.1 Å². The van der Waals surface area contributed by atoms with E-state index >= 15 is 0 Å². The second-order valence-corrected chi connectivity index (χ2v) is 6.14. The highest BCUT2D eigenvalue weighted by Crippen LogP contribution is 2.21. The molecular weight excluding hydrogens is 388 g/mol. The van der Waals surface area contributed by atoms with Gasteiger partial charge in [-0.2, -0.15) is 0 Å². The van der Waals surface area contributed by atoms with Crippen LogP contribution in [-0.2, 0) is 0 Å². The highest BCUT2D eigenvalue weighted by Gasteiger charge is 2.21. The monoisotopic (exact) mass is 402 g/mol. The summed E-state index contributed by atoms with van der Waals surface area (Å²) in [5.74, 6) is -7.65. The lowest BCUT2D eigenvalue weighted by Gasteiger charge is -2.11. The van der Waals surface area contributed by atoms with Gasteiger partial charge in [-0.15, -0.1) is 0 Å². The summed E-state index contributed by atoms with van der Waals surface area (Å²) < 4.78 is 54.4. The van der Waals surface area contributed by atoms with Crippen molar-refractivity contribution in [1.29, 1.82) is 0 Å². The minimum absolute atomic E-state index is 0.391. The predicted molar refractivity (Wildman–Crippen MR) is 99.8 cm³/mol. The van der Waals surface area contributed by atoms with Crippen LogP contribution in [0.15, 0.2) is 54.6 Å². The molecule has 0 heterocycles. The summed E-state index contributed by atoms with van der Waals surface area (Å²) in [6.45, 7) is 1.76. The van der Waals surface area contributed by atoms with E-state index in [1.165, 1.54) is 12.1 Å². The summed E-state index contributed by atoms with van der Waals surface area (Å²) in [5.41, 5.74) is -0.0787. The van der Waals surface area contributed by atoms with Gasteiger partial charge in [-0.05, 0) is 30.7 Å². The number of benzene rings is 3. The normalized spacial score (nSPS) is 10.5. The van der Waals surface area contributed by atoms with E-state index in [0.717, 1.165) is 11.6 Å². The first kappa shape index (κ1) is 20.1. The first-order valence-electron chi connectivity index (χ1n) is 8.39. The van der Waals surface area contributed by atoms with Crippen molar-refractivity contribution < 1.29 is 27.2 Å². The Morgan fingerprint density at radius 3 is 1.86 bits per heavy atom. The van der Waals surface area contributed by atoms with Crippen molar-refractivity contribution in [2.24, 2.45) is 0 Å². The van der Waals surface area contributed by atoms with E-state index in [0.29, 0.717) is 17.8 Å². The third-order valence-corrected chi connectivity index (χ3v) is 4.12. The molecule has 0 bridgehead atoms. The standard InChI is InChI=1S/C21H14F4N2O2/c1-11-5-2-3-8-17(11)27-21(29)14-7-4-6-13(18(14)24)20(28)26-12-9-15(22)19(25)16(23)10-12/h2-10H,1H3,(H,26,28)(H,27,29). The number of para-hydroxylation sites is 1. The van der Waals surface area contributed by atoms with Crippen molar-refractivity contribution in [1.82, 2.24) is 0 Å². The maximum absolute atomic E-state index is 14.8. The van der Waals surface area contributed by atoms with E-state index in [1.54, 1.807) is 31.2 Å². The van der Waals surface area contributed by atoms with E-state index in [9.17, 15) is 27.2 Å². The fraction of sp³-hybridized carbons (Fsp3) is 0.0476. The zero-order valence-corrected chi connectivity index (χ0v) is 15.0. The largest absolute Gasteiger partial charge is 0.322 e. The molecule has 0 saturated heterocycles. The lowest BCUT2D eigenvalue weighted by Crippen LogP contribution is -2.19. The van der Waals surface area contributed by atoms with Crippen molar-refractivity contribution >= 4 is 23.2 Å². The number of hydrogen-bond acceptors (Lipinski definition) is 2. The molecule has 0 aliphatic carbocycles. The molecule has 0 unspecified atom stereocenters. The first-order chi connectivity index (χ1) is 13.8. The van der Waals surface area contributed by atoms with E-state index in [2.05, 4.69) is 10.6 Å². The van der Waals surface area contributed by atoms with E-state index in [1.807, 2.05) is 0 Å². The highest BCUT2D eigenvalue weighted by atomic mass is 19.2. The third kappa shape index (κ3) is 4.26. The van der Waals surface area contributed by atoms with Crippen LogP contribution in [0.25, 0.3) is 0 Å². The number of aryl methyl sites for hydroxylation is 1. The first-order valence-corrected chi connectivity index (χ1v) is 8.39. The summed E-state index contributed by atoms with van der Waals surface area (Å²) in [6, 6.07) is 11.6. The second kappa shape index (κ2) is 8.14. The SMILES string of the molecule is Cc1ccccc1NC(=O)c1cccc(C(=O)Nc2cc(F)c(F)c(F)c2)c1F. The molecule has 2 N–H and O–H groups in total. The molecule has 4 nitrogen and oxygen atoms in total. The lowest BCUT2D eigenvalue weighted by molar-refractivity contribution is 0.102. The van der Waals surface area contributed by atoms with Gasteiger partial charge in [-0.3, -0.25) is 9.59 Å². The van der Waals surface area contributed by atoms with Crippen LogP contribution in [0.2, 0.25) is 0 Å². The Kier molecular flexibility index (Phi) is 5.63. The minimum Gasteiger partial charge on any atom is -0.322 e. The molecule has 2 amide bonds. The minimum atomic E-state index is -1.69. The van der Waals surface area contributed by atoms with Crippen LogP contribution in [0.3, 0.4) is 0 Å². The molecule has 8 heteroatoms. The number of halogens is 4. The molecule has 3 rings (SSSR count). The van der Waals surface area contributed by atoms with Crippen LogP contribution < -0.4 is 10.6 Å². The molecule has 3 aromatic rings. The van der Waals surface area contributed by atoms with Gasteiger partial charge in [0.2, 0.25) is 0 Å². The second-order valence-electron chi connectivity index (χ2n) is 6.14. The summed E-state index contributed by atoms with van der Waals surface area (Å²) in [6.07, 6.45) is 0. The topological polar surface area (TPSA) is 58.2 Å². The molecule has 0 saturated carbocycles. The van der Waals surface area contributed by atoms with Crippen LogP contribution >= 0.6 is 0 Å². The third-order valence-electron chi connectivity index (χ3n) is 4.12. The average Bonchev–Trinajstić information content (AvgIpc) is 2.67. The van der Waals surface area contributed by atoms with Crippen LogP contribution in [0.4, 0.5) is 28.9 Å². The van der Waals surface area contributed by atoms with Crippen molar-refractivity contribution in [2.45, 2.75) is 6.92 Å². The fourth-order valence-electron chi connectivity index (χ4n) is 2.61. The fourth-order valence-corrected chi connectivity index (χ4v) is 2.61. The quantitative estimate of drug-likeness (QED) is 0.474. The van der Waals surface area contributed by atoms with Crippen LogP contribution in [0.5, 0.6) is 0 Å². The van der Waals surface area contributed by atoms with Gasteiger partial charge in [0.15, 0.2) is 17.5 Å². The number of rotatable bonds is 4. The molecule has 3 aromatic carbocycles. The van der Waals surface area contributed by atoms with E-state index in [-0.39, 0.29) is 0 Å². The van der Waals surface area contributed by atoms with E-state index < -0.39 is 51.9 Å². The molecule has 29 heavy (non-hydrogen) atoms. The number of carbonyl (C=O) groups excluding carboxylic acids is 2. The molecule has 0 spiro atoms. The van der Waals surface area contributed by atoms with Crippen molar-refractivity contribution in [3.63, 3.8) is 0 Å². The number of amides is 2. The number of anilines is 2. The maximum atomic E-state index is 14.8. The number of nitrogens with one attached hydrogen (secondary N) is 2. The van der Waals surface area contributed by atoms with Crippen LogP contribution in [0.1, 0.15) is 26.3 Å². The molecule has 0 aliphatic heterocycles. The number of carbonyl (C=O) groups is 2. The maximum Gasteiger partial charge on any atom is 0.258 e. The Labute approximate surface area is 163 Å². The van der Waals surface area contributed by atoms with Gasteiger partial charge < -0.3 is 10.6 Å². The molecule has 0 atom stereocenters. The summed E-state index contributed by atoms with van der Waals surface area (Å²) in [4.78, 5) is 24.7. The van der Waals surface area contributed by atoms with Crippen molar-refractivity contribution in [2.75, 3.05) is 10.6 Å². The lowest BCUT2D eigenvalue weighted by atomic mass is 10.1. The molecule has 0 aromatic heterocycles. The molecule has 0 fully saturated rings. The molecular formula is C21H14F4N2O2. The molecule has 148 valence electrons. The highest BCUT2D eigenvalue weighted by molar-refractivity contribution is 6.09. The van der Waals surface area contributed by atoms with Gasteiger partial charge in [0, 0.05) is 23.5 Å². The Morgan fingerprint density at radius 1 is 0.724 bits per heavy atom. The van der Waals surface area contributed by atoms with Gasteiger partial charge in [0.25, 0.3) is 11.8 Å². The predicted octanol–water partition coefficient (Wildman–Crippen LogP) is 5.06. The Balaban J connectivity index is 1.85.